The minimum Gasteiger partial charge on any atom is -0.355 e. The molecule has 1 unspecified atom stereocenters. The van der Waals surface area contributed by atoms with E-state index < -0.39 is 0 Å². The molecule has 0 bridgehead atoms. The van der Waals surface area contributed by atoms with Crippen LogP contribution in [0.2, 0.25) is 0 Å². The third kappa shape index (κ3) is 3.24. The molecular weight excluding hydrogens is 282 g/mol. The topological polar surface area (TPSA) is 54.0 Å². The Morgan fingerprint density at radius 2 is 2.33 bits per heavy atom. The molecule has 5 heteroatoms. The minimum absolute atomic E-state index is 0.163. The van der Waals surface area contributed by atoms with E-state index in [1.54, 1.807) is 11.3 Å². The molecule has 3 rings (SSSR count). The molecule has 1 aliphatic rings. The van der Waals surface area contributed by atoms with E-state index >= 15 is 0 Å². The van der Waals surface area contributed by atoms with E-state index in [2.05, 4.69) is 21.7 Å². The first-order valence-electron chi connectivity index (χ1n) is 7.51. The Bertz CT molecular complexity index is 598. The molecule has 1 amide bonds. The average molecular weight is 303 g/mol. The van der Waals surface area contributed by atoms with Gasteiger partial charge >= 0.3 is 0 Å². The Morgan fingerprint density at radius 1 is 1.48 bits per heavy atom. The van der Waals surface area contributed by atoms with Crippen molar-refractivity contribution < 1.29 is 4.79 Å². The van der Waals surface area contributed by atoms with Gasteiger partial charge in [0.15, 0.2) is 0 Å². The number of thiazole rings is 1. The van der Waals surface area contributed by atoms with E-state index in [0.717, 1.165) is 42.9 Å². The van der Waals surface area contributed by atoms with Gasteiger partial charge in [-0.25, -0.2) is 4.98 Å². The van der Waals surface area contributed by atoms with Crippen LogP contribution in [0.3, 0.4) is 0 Å². The molecule has 2 heterocycles. The van der Waals surface area contributed by atoms with Gasteiger partial charge in [-0.05, 0) is 38.4 Å². The summed E-state index contributed by atoms with van der Waals surface area (Å²) < 4.78 is 1.21. The highest BCUT2D eigenvalue weighted by Gasteiger charge is 2.34. The molecule has 4 nitrogen and oxygen atoms in total. The maximum Gasteiger partial charge on any atom is 0.227 e. The van der Waals surface area contributed by atoms with Crippen LogP contribution in [-0.2, 0) is 11.2 Å². The van der Waals surface area contributed by atoms with Crippen LogP contribution in [0.25, 0.3) is 10.2 Å². The second-order valence-electron chi connectivity index (χ2n) is 5.92. The summed E-state index contributed by atoms with van der Waals surface area (Å²) in [7, 11) is 0. The second kappa shape index (κ2) is 6.12. The van der Waals surface area contributed by atoms with Gasteiger partial charge in [0.25, 0.3) is 0 Å². The zero-order valence-electron chi connectivity index (χ0n) is 12.3. The lowest BCUT2D eigenvalue weighted by molar-refractivity contribution is -0.131. The third-order valence-corrected chi connectivity index (χ3v) is 5.20. The number of piperidine rings is 1. The third-order valence-electron chi connectivity index (χ3n) is 4.11. The first kappa shape index (κ1) is 14.5. The maximum atomic E-state index is 12.3. The second-order valence-corrected chi connectivity index (χ2v) is 7.04. The van der Waals surface area contributed by atoms with Gasteiger partial charge in [-0.2, -0.15) is 0 Å². The van der Waals surface area contributed by atoms with Gasteiger partial charge in [-0.1, -0.05) is 12.1 Å². The number of nitrogens with zero attached hydrogens (tertiary/aromatic N) is 1. The molecule has 2 aromatic rings. The number of carbonyl (C=O) groups excluding carboxylic acids is 1. The zero-order valence-corrected chi connectivity index (χ0v) is 13.1. The molecule has 1 aromatic carbocycles. The Kier molecular flexibility index (Phi) is 4.22. The molecule has 0 spiro atoms. The summed E-state index contributed by atoms with van der Waals surface area (Å²) in [5.41, 5.74) is 0.790. The van der Waals surface area contributed by atoms with E-state index in [-0.39, 0.29) is 11.3 Å². The van der Waals surface area contributed by atoms with Crippen molar-refractivity contribution in [2.45, 2.75) is 26.2 Å². The Balaban J connectivity index is 1.54. The number of hydrogen-bond donors (Lipinski definition) is 2. The van der Waals surface area contributed by atoms with Gasteiger partial charge in [0.05, 0.1) is 20.6 Å². The number of carbonyl (C=O) groups is 1. The molecule has 1 saturated heterocycles. The molecular formula is C16H21N3OS. The monoisotopic (exact) mass is 303 g/mol. The SMILES string of the molecule is CC1(C(=O)NCCc2nc3ccccc3s2)CCCNC1. The quantitative estimate of drug-likeness (QED) is 0.911. The first-order chi connectivity index (χ1) is 10.2. The smallest absolute Gasteiger partial charge is 0.227 e. The summed E-state index contributed by atoms with van der Waals surface area (Å²) in [5.74, 6) is 0.163. The molecule has 1 aromatic heterocycles. The van der Waals surface area contributed by atoms with E-state index in [1.807, 2.05) is 25.1 Å². The van der Waals surface area contributed by atoms with Gasteiger partial charge in [-0.15, -0.1) is 11.3 Å². The van der Waals surface area contributed by atoms with Gasteiger partial charge in [-0.3, -0.25) is 4.79 Å². The van der Waals surface area contributed by atoms with Crippen LogP contribution < -0.4 is 10.6 Å². The van der Waals surface area contributed by atoms with Crippen molar-refractivity contribution in [1.29, 1.82) is 0 Å². The predicted octanol–water partition coefficient (Wildman–Crippen LogP) is 2.34. The number of hydrogen-bond acceptors (Lipinski definition) is 4. The van der Waals surface area contributed by atoms with Crippen LogP contribution in [0.15, 0.2) is 24.3 Å². The van der Waals surface area contributed by atoms with E-state index in [4.69, 9.17) is 0 Å². The molecule has 2 N–H and O–H groups in total. The molecule has 1 atom stereocenters. The molecule has 21 heavy (non-hydrogen) atoms. The van der Waals surface area contributed by atoms with Crippen molar-refractivity contribution >= 4 is 27.5 Å². The van der Waals surface area contributed by atoms with Crippen LogP contribution in [0, 0.1) is 5.41 Å². The molecule has 0 saturated carbocycles. The van der Waals surface area contributed by atoms with Crippen molar-refractivity contribution in [3.63, 3.8) is 0 Å². The number of aromatic nitrogens is 1. The van der Waals surface area contributed by atoms with Gasteiger partial charge in [0, 0.05) is 19.5 Å². The zero-order chi connectivity index (χ0) is 14.7. The molecule has 0 radical (unpaired) electrons. The summed E-state index contributed by atoms with van der Waals surface area (Å²) >= 11 is 1.71. The largest absolute Gasteiger partial charge is 0.355 e. The number of rotatable bonds is 4. The maximum absolute atomic E-state index is 12.3. The van der Waals surface area contributed by atoms with Crippen LogP contribution in [0.1, 0.15) is 24.8 Å². The normalized spacial score (nSPS) is 22.3. The Hall–Kier alpha value is -1.46. The molecule has 1 aliphatic heterocycles. The number of para-hydroxylation sites is 1. The van der Waals surface area contributed by atoms with Crippen molar-refractivity contribution in [1.82, 2.24) is 15.6 Å². The highest BCUT2D eigenvalue weighted by molar-refractivity contribution is 7.18. The summed E-state index contributed by atoms with van der Waals surface area (Å²) in [6, 6.07) is 8.15. The van der Waals surface area contributed by atoms with Crippen molar-refractivity contribution in [3.8, 4) is 0 Å². The average Bonchev–Trinajstić information content (AvgIpc) is 2.90. The molecule has 112 valence electrons. The van der Waals surface area contributed by atoms with E-state index in [1.165, 1.54) is 4.70 Å². The number of benzene rings is 1. The minimum atomic E-state index is -0.258. The van der Waals surface area contributed by atoms with E-state index in [9.17, 15) is 4.79 Å². The van der Waals surface area contributed by atoms with Gasteiger partial charge in [0.2, 0.25) is 5.91 Å². The standard InChI is InChI=1S/C16H21N3OS/c1-16(8-4-9-17-11-16)15(20)18-10-7-14-19-12-5-2-3-6-13(12)21-14/h2-3,5-6,17H,4,7-11H2,1H3,(H,18,20). The lowest BCUT2D eigenvalue weighted by Gasteiger charge is -2.32. The number of fused-ring (bicyclic) bond motifs is 1. The lowest BCUT2D eigenvalue weighted by Crippen LogP contribution is -2.49. The van der Waals surface area contributed by atoms with Crippen molar-refractivity contribution in [3.05, 3.63) is 29.3 Å². The summed E-state index contributed by atoms with van der Waals surface area (Å²) in [4.78, 5) is 16.9. The van der Waals surface area contributed by atoms with Crippen molar-refractivity contribution in [2.24, 2.45) is 5.41 Å². The number of amides is 1. The van der Waals surface area contributed by atoms with Crippen LogP contribution in [0.5, 0.6) is 0 Å². The van der Waals surface area contributed by atoms with E-state index in [0.29, 0.717) is 6.54 Å². The Labute approximate surface area is 129 Å². The fourth-order valence-electron chi connectivity index (χ4n) is 2.77. The number of nitrogens with one attached hydrogen (secondary N) is 2. The predicted molar refractivity (Wildman–Crippen MR) is 86.5 cm³/mol. The molecule has 0 aliphatic carbocycles. The summed E-state index contributed by atoms with van der Waals surface area (Å²) in [6.45, 7) is 4.51. The first-order valence-corrected chi connectivity index (χ1v) is 8.32. The molecule has 1 fully saturated rings. The van der Waals surface area contributed by atoms with Gasteiger partial charge < -0.3 is 10.6 Å². The van der Waals surface area contributed by atoms with Crippen molar-refractivity contribution in [2.75, 3.05) is 19.6 Å². The highest BCUT2D eigenvalue weighted by atomic mass is 32.1. The fourth-order valence-corrected chi connectivity index (χ4v) is 3.74. The lowest BCUT2D eigenvalue weighted by atomic mass is 9.82. The summed E-state index contributed by atoms with van der Waals surface area (Å²) in [6.07, 6.45) is 2.84. The Morgan fingerprint density at radius 3 is 3.10 bits per heavy atom. The van der Waals surface area contributed by atoms with Crippen LogP contribution in [-0.4, -0.2) is 30.5 Å². The van der Waals surface area contributed by atoms with Crippen LogP contribution in [0.4, 0.5) is 0 Å². The van der Waals surface area contributed by atoms with Gasteiger partial charge in [0.1, 0.15) is 0 Å². The fraction of sp³-hybridized carbons (Fsp3) is 0.500. The summed E-state index contributed by atoms with van der Waals surface area (Å²) in [5, 5.41) is 7.47. The van der Waals surface area contributed by atoms with Crippen LogP contribution >= 0.6 is 11.3 Å². The highest BCUT2D eigenvalue weighted by Crippen LogP contribution is 2.25.